The second kappa shape index (κ2) is 6.89. The lowest BCUT2D eigenvalue weighted by molar-refractivity contribution is -0.138. The van der Waals surface area contributed by atoms with Gasteiger partial charge in [0.15, 0.2) is 0 Å². The maximum Gasteiger partial charge on any atom is 0.305 e. The molecule has 1 aromatic carbocycles. The summed E-state index contributed by atoms with van der Waals surface area (Å²) >= 11 is 5.94. The summed E-state index contributed by atoms with van der Waals surface area (Å²) in [6, 6.07) is 4.77. The predicted octanol–water partition coefficient (Wildman–Crippen LogP) is 2.52. The molecule has 0 bridgehead atoms. The topological polar surface area (TPSA) is 69.6 Å². The fourth-order valence-corrected chi connectivity index (χ4v) is 2.08. The monoisotopic (exact) mass is 285 g/mol. The molecule has 0 fully saturated rings. The minimum atomic E-state index is -0.942. The number of carbonyl (C=O) groups is 1. The third-order valence-electron chi connectivity index (χ3n) is 2.85. The van der Waals surface area contributed by atoms with E-state index in [1.807, 2.05) is 20.8 Å². The smallest absolute Gasteiger partial charge is 0.305 e. The van der Waals surface area contributed by atoms with Gasteiger partial charge in [0.05, 0.1) is 12.5 Å². The zero-order chi connectivity index (χ0) is 14.6. The van der Waals surface area contributed by atoms with Gasteiger partial charge in [-0.1, -0.05) is 37.6 Å². The van der Waals surface area contributed by atoms with Crippen LogP contribution in [-0.2, 0) is 4.79 Å². The highest BCUT2D eigenvalue weighted by Gasteiger charge is 2.24. The first-order chi connectivity index (χ1) is 8.81. The number of hydrogen-bond donors (Lipinski definition) is 3. The molecule has 0 aliphatic rings. The quantitative estimate of drug-likeness (QED) is 0.751. The number of aryl methyl sites for hydroxylation is 1. The van der Waals surface area contributed by atoms with E-state index in [2.05, 4.69) is 5.32 Å². The van der Waals surface area contributed by atoms with Crippen LogP contribution in [-0.4, -0.2) is 28.3 Å². The van der Waals surface area contributed by atoms with Crippen LogP contribution in [0.15, 0.2) is 18.2 Å². The summed E-state index contributed by atoms with van der Waals surface area (Å²) in [7, 11) is 0. The number of hydrogen-bond acceptors (Lipinski definition) is 3. The summed E-state index contributed by atoms with van der Waals surface area (Å²) in [5, 5.41) is 23.0. The lowest BCUT2D eigenvalue weighted by Crippen LogP contribution is -2.40. The summed E-state index contributed by atoms with van der Waals surface area (Å²) in [5.41, 5.74) is 1.53. The van der Waals surface area contributed by atoms with E-state index in [9.17, 15) is 9.90 Å². The molecule has 0 spiro atoms. The van der Waals surface area contributed by atoms with Crippen LogP contribution in [0, 0.1) is 6.92 Å². The number of carboxylic acid groups (broad SMARTS) is 1. The lowest BCUT2D eigenvalue weighted by atomic mass is 9.97. The Morgan fingerprint density at radius 2 is 2.05 bits per heavy atom. The van der Waals surface area contributed by atoms with Crippen LogP contribution in [0.3, 0.4) is 0 Å². The van der Waals surface area contributed by atoms with Crippen LogP contribution in [0.2, 0.25) is 5.02 Å². The lowest BCUT2D eigenvalue weighted by Gasteiger charge is -2.25. The van der Waals surface area contributed by atoms with Crippen molar-refractivity contribution in [1.29, 1.82) is 0 Å². The van der Waals surface area contributed by atoms with Gasteiger partial charge in [0.25, 0.3) is 0 Å². The molecule has 0 aromatic heterocycles. The van der Waals surface area contributed by atoms with Gasteiger partial charge in [-0.05, 0) is 24.1 Å². The first-order valence-corrected chi connectivity index (χ1v) is 6.61. The van der Waals surface area contributed by atoms with Crippen LogP contribution < -0.4 is 5.32 Å². The minimum Gasteiger partial charge on any atom is -0.481 e. The molecule has 0 aliphatic heterocycles. The minimum absolute atomic E-state index is 0.0902. The van der Waals surface area contributed by atoms with E-state index in [4.69, 9.17) is 16.7 Å². The summed E-state index contributed by atoms with van der Waals surface area (Å²) in [4.78, 5) is 10.9. The number of halogens is 1. The average Bonchev–Trinajstić information content (AvgIpc) is 2.29. The standard InChI is InChI=1S/C14H20ClNO3/c1-8(2)16-12(7-13(17)18)14(19)10-4-5-11(15)9(3)6-10/h4-6,8,12,14,16,19H,7H2,1-3H3,(H,17,18). The van der Waals surface area contributed by atoms with Crippen molar-refractivity contribution in [3.8, 4) is 0 Å². The molecule has 4 nitrogen and oxygen atoms in total. The van der Waals surface area contributed by atoms with Crippen molar-refractivity contribution in [3.05, 3.63) is 34.3 Å². The molecule has 2 unspecified atom stereocenters. The number of aliphatic carboxylic acids is 1. The third kappa shape index (κ3) is 4.82. The molecule has 19 heavy (non-hydrogen) atoms. The average molecular weight is 286 g/mol. The molecule has 5 heteroatoms. The maximum atomic E-state index is 10.9. The first-order valence-electron chi connectivity index (χ1n) is 6.23. The van der Waals surface area contributed by atoms with E-state index >= 15 is 0 Å². The summed E-state index contributed by atoms with van der Waals surface area (Å²) in [6.45, 7) is 5.67. The van der Waals surface area contributed by atoms with Crippen molar-refractivity contribution in [2.24, 2.45) is 0 Å². The highest BCUT2D eigenvalue weighted by Crippen LogP contribution is 2.24. The molecule has 1 rings (SSSR count). The molecule has 0 saturated heterocycles. The number of aliphatic hydroxyl groups excluding tert-OH is 1. The van der Waals surface area contributed by atoms with Crippen LogP contribution in [0.4, 0.5) is 0 Å². The summed E-state index contributed by atoms with van der Waals surface area (Å²) in [5.74, 6) is -0.942. The van der Waals surface area contributed by atoms with Crippen LogP contribution >= 0.6 is 11.6 Å². The van der Waals surface area contributed by atoms with Crippen molar-refractivity contribution < 1.29 is 15.0 Å². The second-order valence-electron chi connectivity index (χ2n) is 4.98. The van der Waals surface area contributed by atoms with Crippen LogP contribution in [0.25, 0.3) is 0 Å². The Bertz CT molecular complexity index is 448. The molecule has 0 saturated carbocycles. The van der Waals surface area contributed by atoms with Gasteiger partial charge in [-0.25, -0.2) is 0 Å². The summed E-state index contributed by atoms with van der Waals surface area (Å²) < 4.78 is 0. The zero-order valence-electron chi connectivity index (χ0n) is 11.4. The molecule has 0 radical (unpaired) electrons. The Hall–Kier alpha value is -1.10. The highest BCUT2D eigenvalue weighted by atomic mass is 35.5. The number of carboxylic acids is 1. The number of aliphatic hydroxyl groups is 1. The Kier molecular flexibility index (Phi) is 5.79. The van der Waals surface area contributed by atoms with Gasteiger partial charge in [0.1, 0.15) is 0 Å². The Balaban J connectivity index is 2.93. The maximum absolute atomic E-state index is 10.9. The molecule has 106 valence electrons. The fourth-order valence-electron chi connectivity index (χ4n) is 1.96. The summed E-state index contributed by atoms with van der Waals surface area (Å²) in [6.07, 6.45) is -1.02. The number of rotatable bonds is 6. The number of nitrogens with one attached hydrogen (secondary N) is 1. The van der Waals surface area contributed by atoms with Gasteiger partial charge < -0.3 is 15.5 Å². The highest BCUT2D eigenvalue weighted by molar-refractivity contribution is 6.31. The third-order valence-corrected chi connectivity index (χ3v) is 3.27. The van der Waals surface area contributed by atoms with E-state index in [-0.39, 0.29) is 12.5 Å². The van der Waals surface area contributed by atoms with Gasteiger partial charge in [-0.3, -0.25) is 4.79 Å². The molecule has 2 atom stereocenters. The molecule has 0 amide bonds. The van der Waals surface area contributed by atoms with E-state index in [0.717, 1.165) is 5.56 Å². The predicted molar refractivity (Wildman–Crippen MR) is 75.5 cm³/mol. The molecule has 1 aromatic rings. The molecular formula is C14H20ClNO3. The SMILES string of the molecule is Cc1cc(C(O)C(CC(=O)O)NC(C)C)ccc1Cl. The van der Waals surface area contributed by atoms with Crippen molar-refractivity contribution in [2.45, 2.75) is 45.4 Å². The second-order valence-corrected chi connectivity index (χ2v) is 5.39. The van der Waals surface area contributed by atoms with E-state index in [1.54, 1.807) is 18.2 Å². The largest absolute Gasteiger partial charge is 0.481 e. The van der Waals surface area contributed by atoms with E-state index in [1.165, 1.54) is 0 Å². The Morgan fingerprint density at radius 3 is 2.53 bits per heavy atom. The molecule has 3 N–H and O–H groups in total. The molecule has 0 heterocycles. The van der Waals surface area contributed by atoms with Gasteiger partial charge in [0, 0.05) is 17.1 Å². The van der Waals surface area contributed by atoms with Crippen molar-refractivity contribution >= 4 is 17.6 Å². The van der Waals surface area contributed by atoms with Crippen molar-refractivity contribution in [2.75, 3.05) is 0 Å². The van der Waals surface area contributed by atoms with Gasteiger partial charge in [0.2, 0.25) is 0 Å². The van der Waals surface area contributed by atoms with Gasteiger partial charge >= 0.3 is 5.97 Å². The Morgan fingerprint density at radius 1 is 1.42 bits per heavy atom. The van der Waals surface area contributed by atoms with Gasteiger partial charge in [-0.15, -0.1) is 0 Å². The van der Waals surface area contributed by atoms with Crippen LogP contribution in [0.5, 0.6) is 0 Å². The van der Waals surface area contributed by atoms with E-state index in [0.29, 0.717) is 10.6 Å². The number of benzene rings is 1. The normalized spacial score (nSPS) is 14.4. The molecule has 0 aliphatic carbocycles. The van der Waals surface area contributed by atoms with Crippen molar-refractivity contribution in [1.82, 2.24) is 5.32 Å². The van der Waals surface area contributed by atoms with E-state index < -0.39 is 18.1 Å². The van der Waals surface area contributed by atoms with Crippen molar-refractivity contribution in [3.63, 3.8) is 0 Å². The van der Waals surface area contributed by atoms with Crippen LogP contribution in [0.1, 0.15) is 37.5 Å². The fraction of sp³-hybridized carbons (Fsp3) is 0.500. The molecular weight excluding hydrogens is 266 g/mol. The first kappa shape index (κ1) is 16.0. The van der Waals surface area contributed by atoms with Gasteiger partial charge in [-0.2, -0.15) is 0 Å². The zero-order valence-corrected chi connectivity index (χ0v) is 12.1. The Labute approximate surface area is 118 Å².